The molecule has 250 valence electrons. The molecule has 3 amide bonds. The normalized spacial score (nSPS) is 20.4. The van der Waals surface area contributed by atoms with Crippen molar-refractivity contribution in [1.29, 1.82) is 0 Å². The highest BCUT2D eigenvalue weighted by molar-refractivity contribution is 6.04. The van der Waals surface area contributed by atoms with Crippen molar-refractivity contribution in [2.75, 3.05) is 52.3 Å². The van der Waals surface area contributed by atoms with Crippen molar-refractivity contribution in [1.82, 2.24) is 25.4 Å². The van der Waals surface area contributed by atoms with Crippen LogP contribution in [0.25, 0.3) is 5.57 Å². The number of piperidine rings is 2. The maximum absolute atomic E-state index is 12.9. The second-order valence-electron chi connectivity index (χ2n) is 13.5. The maximum atomic E-state index is 12.9. The van der Waals surface area contributed by atoms with Crippen LogP contribution in [-0.2, 0) is 22.7 Å². The average Bonchev–Trinajstić information content (AvgIpc) is 3.08. The number of imide groups is 1. The largest absolute Gasteiger partial charge is 0.496 e. The summed E-state index contributed by atoms with van der Waals surface area (Å²) in [6.07, 6.45) is 8.67. The van der Waals surface area contributed by atoms with Gasteiger partial charge >= 0.3 is 0 Å². The first-order valence-corrected chi connectivity index (χ1v) is 16.6. The highest BCUT2D eigenvalue weighted by Gasteiger charge is 2.45. The Morgan fingerprint density at radius 1 is 1.06 bits per heavy atom. The minimum absolute atomic E-state index is 0.224. The van der Waals surface area contributed by atoms with Crippen LogP contribution in [0.2, 0.25) is 0 Å². The zero-order valence-corrected chi connectivity index (χ0v) is 27.8. The van der Waals surface area contributed by atoms with E-state index in [1.54, 1.807) is 20.3 Å². The molecule has 4 aliphatic heterocycles. The number of methoxy groups -OCH3 is 2. The minimum Gasteiger partial charge on any atom is -0.496 e. The zero-order chi connectivity index (χ0) is 33.4. The number of rotatable bonds is 8. The van der Waals surface area contributed by atoms with Gasteiger partial charge in [0.25, 0.3) is 5.91 Å². The molecule has 0 aliphatic carbocycles. The van der Waals surface area contributed by atoms with Gasteiger partial charge in [-0.15, -0.1) is 0 Å². The fourth-order valence-corrected chi connectivity index (χ4v) is 7.53. The molecule has 3 saturated heterocycles. The Bertz CT molecular complexity index is 1750. The van der Waals surface area contributed by atoms with Crippen molar-refractivity contribution < 1.29 is 23.9 Å². The number of likely N-dealkylation sites (tertiary alicyclic amines) is 1. The molecular formula is C37H42N6O5. The number of carbonyl (C=O) groups is 3. The molecule has 11 nitrogen and oxygen atoms in total. The van der Waals surface area contributed by atoms with Crippen molar-refractivity contribution in [2.24, 2.45) is 5.41 Å². The second kappa shape index (κ2) is 13.0. The highest BCUT2D eigenvalue weighted by Crippen LogP contribution is 2.44. The number of aromatic nitrogens is 1. The van der Waals surface area contributed by atoms with E-state index in [0.717, 1.165) is 86.0 Å². The van der Waals surface area contributed by atoms with E-state index in [1.807, 2.05) is 30.6 Å². The molecule has 3 aromatic rings. The van der Waals surface area contributed by atoms with E-state index in [2.05, 4.69) is 61.8 Å². The lowest BCUT2D eigenvalue weighted by Crippen LogP contribution is -2.60. The van der Waals surface area contributed by atoms with E-state index >= 15 is 0 Å². The Labute approximate surface area is 280 Å². The van der Waals surface area contributed by atoms with E-state index in [4.69, 9.17) is 9.47 Å². The molecule has 2 N–H and O–H groups in total. The lowest BCUT2D eigenvalue weighted by Gasteiger charge is -2.55. The predicted molar refractivity (Wildman–Crippen MR) is 182 cm³/mol. The number of carbonyl (C=O) groups excluding carboxylic acids is 3. The van der Waals surface area contributed by atoms with Crippen LogP contribution in [-0.4, -0.2) is 86.0 Å². The Morgan fingerprint density at radius 2 is 1.81 bits per heavy atom. The first-order chi connectivity index (χ1) is 23.2. The Kier molecular flexibility index (Phi) is 8.55. The quantitative estimate of drug-likeness (QED) is 0.353. The van der Waals surface area contributed by atoms with Crippen molar-refractivity contribution in [3.63, 3.8) is 0 Å². The lowest BCUT2D eigenvalue weighted by molar-refractivity contribution is -0.134. The minimum atomic E-state index is -0.694. The smallest absolute Gasteiger partial charge is 0.252 e. The number of amides is 3. The van der Waals surface area contributed by atoms with Crippen LogP contribution in [0.1, 0.15) is 58.3 Å². The van der Waals surface area contributed by atoms with Gasteiger partial charge in [0.15, 0.2) is 0 Å². The molecule has 1 unspecified atom stereocenters. The molecule has 2 aromatic carbocycles. The third kappa shape index (κ3) is 6.22. The molecule has 48 heavy (non-hydrogen) atoms. The SMILES string of the molecule is COc1cc(C2=CN(C)Cc3cnccc32)cc(OC)c1CN1CCC2(CC1)CN(c1cccc(C(=O)NC3CCC(=O)NC3=O)c1)C2. The molecule has 1 spiro atoms. The number of hydrogen-bond acceptors (Lipinski definition) is 9. The van der Waals surface area contributed by atoms with E-state index in [9.17, 15) is 14.4 Å². The van der Waals surface area contributed by atoms with Gasteiger partial charge in [-0.1, -0.05) is 6.07 Å². The summed E-state index contributed by atoms with van der Waals surface area (Å²) >= 11 is 0. The molecule has 0 bridgehead atoms. The zero-order valence-electron chi connectivity index (χ0n) is 27.8. The Morgan fingerprint density at radius 3 is 2.52 bits per heavy atom. The molecule has 11 heteroatoms. The Hall–Kier alpha value is -4.90. The molecular weight excluding hydrogens is 608 g/mol. The predicted octanol–water partition coefficient (Wildman–Crippen LogP) is 3.57. The number of pyridine rings is 1. The summed E-state index contributed by atoms with van der Waals surface area (Å²) in [5.74, 6) is 0.592. The third-order valence-electron chi connectivity index (χ3n) is 10.3. The van der Waals surface area contributed by atoms with Crippen molar-refractivity contribution >= 4 is 29.0 Å². The van der Waals surface area contributed by atoms with Gasteiger partial charge < -0.3 is 24.6 Å². The molecule has 7 rings (SSSR count). The number of benzene rings is 2. The number of nitrogens with zero attached hydrogens (tertiary/aromatic N) is 4. The maximum Gasteiger partial charge on any atom is 0.252 e. The number of ether oxygens (including phenoxy) is 2. The van der Waals surface area contributed by atoms with Gasteiger partial charge in [0.1, 0.15) is 17.5 Å². The van der Waals surface area contributed by atoms with Crippen LogP contribution < -0.4 is 25.0 Å². The number of fused-ring (bicyclic) bond motifs is 1. The summed E-state index contributed by atoms with van der Waals surface area (Å²) in [5, 5.41) is 5.07. The van der Waals surface area contributed by atoms with Gasteiger partial charge in [-0.3, -0.25) is 29.6 Å². The summed E-state index contributed by atoms with van der Waals surface area (Å²) in [5.41, 5.74) is 7.37. The summed E-state index contributed by atoms with van der Waals surface area (Å²) < 4.78 is 11.9. The van der Waals surface area contributed by atoms with Crippen LogP contribution in [0, 0.1) is 5.41 Å². The molecule has 3 fully saturated rings. The third-order valence-corrected chi connectivity index (χ3v) is 10.3. The van der Waals surface area contributed by atoms with Gasteiger partial charge in [-0.25, -0.2) is 0 Å². The van der Waals surface area contributed by atoms with Gasteiger partial charge in [0, 0.05) is 80.5 Å². The van der Waals surface area contributed by atoms with Crippen LogP contribution in [0.5, 0.6) is 11.5 Å². The summed E-state index contributed by atoms with van der Waals surface area (Å²) in [6, 6.07) is 13.2. The van der Waals surface area contributed by atoms with Crippen LogP contribution in [0.4, 0.5) is 5.69 Å². The fraction of sp³-hybridized carbons (Fsp3) is 0.405. The van der Waals surface area contributed by atoms with Crippen molar-refractivity contribution in [3.8, 4) is 11.5 Å². The summed E-state index contributed by atoms with van der Waals surface area (Å²) in [7, 11) is 5.53. The number of nitrogens with one attached hydrogen (secondary N) is 2. The van der Waals surface area contributed by atoms with Crippen molar-refractivity contribution in [3.05, 3.63) is 88.9 Å². The molecule has 5 heterocycles. The van der Waals surface area contributed by atoms with Crippen LogP contribution in [0.3, 0.4) is 0 Å². The standard InChI is InChI=1S/C37H42N6O5/c1-41-19-26-18-38-12-9-28(26)29(20-41)25-16-32(47-2)30(33(17-25)48-3)21-42-13-10-37(11-14-42)22-43(23-37)27-6-4-5-24(15-27)35(45)39-31-7-8-34(44)40-36(31)46/h4-6,9,12,15-18,20,31H,7-8,10-11,13-14,19,21-23H2,1-3H3,(H,39,45)(H,40,44,46). The van der Waals surface area contributed by atoms with E-state index in [1.165, 1.54) is 11.1 Å². The van der Waals surface area contributed by atoms with Gasteiger partial charge in [-0.2, -0.15) is 0 Å². The van der Waals surface area contributed by atoms with Gasteiger partial charge in [-0.05, 0) is 85.4 Å². The van der Waals surface area contributed by atoms with E-state index < -0.39 is 11.9 Å². The highest BCUT2D eigenvalue weighted by atomic mass is 16.5. The van der Waals surface area contributed by atoms with E-state index in [-0.39, 0.29) is 23.7 Å². The second-order valence-corrected chi connectivity index (χ2v) is 13.5. The molecule has 4 aliphatic rings. The molecule has 0 radical (unpaired) electrons. The first kappa shape index (κ1) is 31.7. The summed E-state index contributed by atoms with van der Waals surface area (Å²) in [6.45, 7) is 5.42. The number of anilines is 1. The molecule has 0 saturated carbocycles. The summed E-state index contributed by atoms with van der Waals surface area (Å²) in [4.78, 5) is 47.8. The topological polar surface area (TPSA) is 116 Å². The van der Waals surface area contributed by atoms with E-state index in [0.29, 0.717) is 12.0 Å². The first-order valence-electron chi connectivity index (χ1n) is 16.6. The lowest BCUT2D eigenvalue weighted by atomic mass is 9.71. The number of hydrogen-bond donors (Lipinski definition) is 2. The molecule has 1 atom stereocenters. The fourth-order valence-electron chi connectivity index (χ4n) is 7.53. The Balaban J connectivity index is 0.979. The van der Waals surface area contributed by atoms with Gasteiger partial charge in [0.2, 0.25) is 11.8 Å². The van der Waals surface area contributed by atoms with Crippen LogP contribution >= 0.6 is 0 Å². The molecule has 1 aromatic heterocycles. The van der Waals surface area contributed by atoms with Gasteiger partial charge in [0.05, 0.1) is 19.8 Å². The van der Waals surface area contributed by atoms with Crippen molar-refractivity contribution in [2.45, 2.75) is 44.8 Å². The van der Waals surface area contributed by atoms with Crippen LogP contribution in [0.15, 0.2) is 61.1 Å². The monoisotopic (exact) mass is 650 g/mol. The average molecular weight is 651 g/mol.